The molecule has 0 amide bonds. The molecule has 0 saturated carbocycles. The molecule has 0 atom stereocenters. The van der Waals surface area contributed by atoms with Gasteiger partial charge >= 0.3 is 0 Å². The molecule has 2 heterocycles. The van der Waals surface area contributed by atoms with Crippen LogP contribution in [0, 0.1) is 6.92 Å². The molecule has 2 aromatic heterocycles. The van der Waals surface area contributed by atoms with Gasteiger partial charge in [-0.2, -0.15) is 5.10 Å². The summed E-state index contributed by atoms with van der Waals surface area (Å²) in [6, 6.07) is 7.84. The molecule has 0 aliphatic rings. The van der Waals surface area contributed by atoms with Crippen LogP contribution in [-0.2, 0) is 0 Å². The fourth-order valence-electron chi connectivity index (χ4n) is 1.77. The third-order valence-corrected chi connectivity index (χ3v) is 3.33. The summed E-state index contributed by atoms with van der Waals surface area (Å²) in [5.41, 5.74) is 1.64. The number of benzene rings is 1. The Balaban J connectivity index is 2.30. The fraction of sp³-hybridized carbons (Fsp3) is 0.0833. The Morgan fingerprint density at radius 1 is 1.28 bits per heavy atom. The van der Waals surface area contributed by atoms with E-state index >= 15 is 0 Å². The molecule has 90 valence electrons. The second kappa shape index (κ2) is 4.33. The zero-order chi connectivity index (χ0) is 12.7. The maximum atomic E-state index is 6.08. The molecule has 6 heteroatoms. The smallest absolute Gasteiger partial charge is 0.168 e. The molecule has 0 bridgehead atoms. The van der Waals surface area contributed by atoms with Gasteiger partial charge in [0.1, 0.15) is 11.0 Å². The fourth-order valence-corrected chi connectivity index (χ4v) is 2.42. The minimum Gasteiger partial charge on any atom is -0.221 e. The van der Waals surface area contributed by atoms with Gasteiger partial charge in [0.25, 0.3) is 0 Å². The molecule has 0 radical (unpaired) electrons. The van der Waals surface area contributed by atoms with Gasteiger partial charge in [-0.1, -0.05) is 33.6 Å². The lowest BCUT2D eigenvalue weighted by Crippen LogP contribution is -1.99. The largest absolute Gasteiger partial charge is 0.221 e. The van der Waals surface area contributed by atoms with Crippen molar-refractivity contribution in [2.45, 2.75) is 6.92 Å². The third kappa shape index (κ3) is 1.89. The Morgan fingerprint density at radius 3 is 2.89 bits per heavy atom. The molecule has 0 unspecified atom stereocenters. The van der Waals surface area contributed by atoms with Crippen molar-refractivity contribution in [1.29, 1.82) is 0 Å². The van der Waals surface area contributed by atoms with E-state index in [2.05, 4.69) is 31.0 Å². The van der Waals surface area contributed by atoms with Crippen molar-refractivity contribution >= 4 is 38.6 Å². The summed E-state index contributed by atoms with van der Waals surface area (Å²) in [5, 5.41) is 5.50. The van der Waals surface area contributed by atoms with Gasteiger partial charge in [0.05, 0.1) is 17.3 Å². The predicted octanol–water partition coefficient (Wildman–Crippen LogP) is 3.54. The van der Waals surface area contributed by atoms with E-state index < -0.39 is 0 Å². The van der Waals surface area contributed by atoms with E-state index in [9.17, 15) is 0 Å². The van der Waals surface area contributed by atoms with Crippen LogP contribution in [0.1, 0.15) is 5.82 Å². The van der Waals surface area contributed by atoms with Gasteiger partial charge in [-0.3, -0.25) is 0 Å². The molecular weight excluding hydrogens is 316 g/mol. The molecule has 18 heavy (non-hydrogen) atoms. The molecule has 0 spiro atoms. The van der Waals surface area contributed by atoms with E-state index in [-0.39, 0.29) is 0 Å². The number of aromatic nitrogens is 4. The molecule has 0 aliphatic carbocycles. The zero-order valence-electron chi connectivity index (χ0n) is 9.43. The molecule has 0 saturated heterocycles. The van der Waals surface area contributed by atoms with Crippen molar-refractivity contribution in [3.8, 4) is 5.69 Å². The first kappa shape index (κ1) is 11.6. The van der Waals surface area contributed by atoms with Crippen LogP contribution < -0.4 is 0 Å². The number of hydrogen-bond donors (Lipinski definition) is 0. The van der Waals surface area contributed by atoms with Gasteiger partial charge in [-0.25, -0.2) is 14.6 Å². The average molecular weight is 324 g/mol. The second-order valence-electron chi connectivity index (χ2n) is 3.84. The van der Waals surface area contributed by atoms with Crippen molar-refractivity contribution in [3.63, 3.8) is 0 Å². The Labute approximate surface area is 117 Å². The molecule has 1 aromatic carbocycles. The molecular formula is C12H8BrClN4. The standard InChI is InChI=1S/C12H8BrClN4/c1-7-16-11(14)10-6-15-18(12(10)17-7)9-4-2-3-8(13)5-9/h2-6H,1H3. The highest BCUT2D eigenvalue weighted by Crippen LogP contribution is 2.23. The topological polar surface area (TPSA) is 43.6 Å². The van der Waals surface area contributed by atoms with Crippen molar-refractivity contribution in [3.05, 3.63) is 45.9 Å². The van der Waals surface area contributed by atoms with E-state index in [1.165, 1.54) is 0 Å². The van der Waals surface area contributed by atoms with Crippen LogP contribution >= 0.6 is 27.5 Å². The maximum absolute atomic E-state index is 6.08. The predicted molar refractivity (Wildman–Crippen MR) is 74.1 cm³/mol. The van der Waals surface area contributed by atoms with Gasteiger partial charge < -0.3 is 0 Å². The van der Waals surface area contributed by atoms with Crippen molar-refractivity contribution < 1.29 is 0 Å². The highest BCUT2D eigenvalue weighted by atomic mass is 79.9. The first-order chi connectivity index (χ1) is 8.65. The SMILES string of the molecule is Cc1nc(Cl)c2cnn(-c3cccc(Br)c3)c2n1. The molecule has 0 aliphatic heterocycles. The number of halogens is 2. The number of nitrogens with zero attached hydrogens (tertiary/aromatic N) is 4. The minimum absolute atomic E-state index is 0.429. The van der Waals surface area contributed by atoms with Crippen LogP contribution in [0.15, 0.2) is 34.9 Å². The Kier molecular flexibility index (Phi) is 2.80. The number of aryl methyl sites for hydroxylation is 1. The lowest BCUT2D eigenvalue weighted by Gasteiger charge is -2.04. The monoisotopic (exact) mass is 322 g/mol. The van der Waals surface area contributed by atoms with Crippen LogP contribution in [0.2, 0.25) is 5.15 Å². The first-order valence-corrected chi connectivity index (χ1v) is 6.46. The molecule has 0 fully saturated rings. The van der Waals surface area contributed by atoms with Gasteiger partial charge in [-0.05, 0) is 25.1 Å². The summed E-state index contributed by atoms with van der Waals surface area (Å²) < 4.78 is 2.74. The lowest BCUT2D eigenvalue weighted by molar-refractivity contribution is 0.889. The lowest BCUT2D eigenvalue weighted by atomic mass is 10.3. The van der Waals surface area contributed by atoms with Gasteiger partial charge in [-0.15, -0.1) is 0 Å². The van der Waals surface area contributed by atoms with Crippen LogP contribution in [0.3, 0.4) is 0 Å². The average Bonchev–Trinajstić information content (AvgIpc) is 2.72. The van der Waals surface area contributed by atoms with Crippen LogP contribution in [-0.4, -0.2) is 19.7 Å². The van der Waals surface area contributed by atoms with Gasteiger partial charge in [0.2, 0.25) is 0 Å². The van der Waals surface area contributed by atoms with Crippen molar-refractivity contribution in [1.82, 2.24) is 19.7 Å². The van der Waals surface area contributed by atoms with Crippen molar-refractivity contribution in [2.75, 3.05) is 0 Å². The van der Waals surface area contributed by atoms with E-state index in [0.29, 0.717) is 16.6 Å². The van der Waals surface area contributed by atoms with Crippen LogP contribution in [0.25, 0.3) is 16.7 Å². The third-order valence-electron chi connectivity index (χ3n) is 2.55. The summed E-state index contributed by atoms with van der Waals surface area (Å²) >= 11 is 9.52. The quantitative estimate of drug-likeness (QED) is 0.643. The summed E-state index contributed by atoms with van der Waals surface area (Å²) in [6.45, 7) is 1.81. The Bertz CT molecular complexity index is 738. The van der Waals surface area contributed by atoms with E-state index in [1.807, 2.05) is 31.2 Å². The van der Waals surface area contributed by atoms with Crippen LogP contribution in [0.4, 0.5) is 0 Å². The molecule has 3 rings (SSSR count). The summed E-state index contributed by atoms with van der Waals surface area (Å²) in [7, 11) is 0. The molecule has 3 aromatic rings. The first-order valence-electron chi connectivity index (χ1n) is 5.29. The Hall–Kier alpha value is -1.46. The van der Waals surface area contributed by atoms with E-state index in [1.54, 1.807) is 10.9 Å². The Morgan fingerprint density at radius 2 is 2.11 bits per heavy atom. The van der Waals surface area contributed by atoms with Gasteiger partial charge in [0, 0.05) is 4.47 Å². The summed E-state index contributed by atoms with van der Waals surface area (Å²) in [6.07, 6.45) is 1.68. The highest BCUT2D eigenvalue weighted by molar-refractivity contribution is 9.10. The minimum atomic E-state index is 0.429. The molecule has 0 N–H and O–H groups in total. The zero-order valence-corrected chi connectivity index (χ0v) is 11.8. The second-order valence-corrected chi connectivity index (χ2v) is 5.11. The van der Waals surface area contributed by atoms with Crippen LogP contribution in [0.5, 0.6) is 0 Å². The molecule has 4 nitrogen and oxygen atoms in total. The maximum Gasteiger partial charge on any atom is 0.168 e. The normalized spacial score (nSPS) is 11.1. The summed E-state index contributed by atoms with van der Waals surface area (Å²) in [5.74, 6) is 0.629. The van der Waals surface area contributed by atoms with E-state index in [4.69, 9.17) is 11.6 Å². The summed E-state index contributed by atoms with van der Waals surface area (Å²) in [4.78, 5) is 8.51. The highest BCUT2D eigenvalue weighted by Gasteiger charge is 2.11. The number of hydrogen-bond acceptors (Lipinski definition) is 3. The number of rotatable bonds is 1. The van der Waals surface area contributed by atoms with Gasteiger partial charge in [0.15, 0.2) is 5.65 Å². The van der Waals surface area contributed by atoms with E-state index in [0.717, 1.165) is 15.5 Å². The van der Waals surface area contributed by atoms with Crippen molar-refractivity contribution in [2.24, 2.45) is 0 Å². The number of fused-ring (bicyclic) bond motifs is 1.